The molecule has 0 N–H and O–H groups in total. The molecule has 0 amide bonds. The van der Waals surface area contributed by atoms with Crippen molar-refractivity contribution in [1.82, 2.24) is 9.55 Å². The first-order chi connectivity index (χ1) is 9.89. The number of imidazole rings is 1. The van der Waals surface area contributed by atoms with Crippen LogP contribution in [0.4, 0.5) is 4.39 Å². The van der Waals surface area contributed by atoms with Crippen LogP contribution in [0.25, 0.3) is 11.0 Å². The molecule has 1 saturated heterocycles. The van der Waals surface area contributed by atoms with Crippen molar-refractivity contribution >= 4 is 55.1 Å². The van der Waals surface area contributed by atoms with Gasteiger partial charge in [-0.2, -0.15) is 0 Å². The van der Waals surface area contributed by atoms with E-state index in [0.717, 1.165) is 0 Å². The molecule has 1 aromatic carbocycles. The summed E-state index contributed by atoms with van der Waals surface area (Å²) in [5, 5.41) is 0. The summed E-state index contributed by atoms with van der Waals surface area (Å²) < 4.78 is 39.3. The molecule has 1 atom stereocenters. The van der Waals surface area contributed by atoms with Crippen molar-refractivity contribution in [2.75, 3.05) is 11.5 Å². The molecule has 21 heavy (non-hydrogen) atoms. The highest BCUT2D eigenvalue weighted by atomic mass is 127. The van der Waals surface area contributed by atoms with Gasteiger partial charge in [-0.1, -0.05) is 0 Å². The first-order valence-corrected chi connectivity index (χ1v) is 9.93. The third kappa shape index (κ3) is 3.05. The zero-order chi connectivity index (χ0) is 15.2. The third-order valence-corrected chi connectivity index (χ3v) is 6.66. The maximum absolute atomic E-state index is 13.8. The van der Waals surface area contributed by atoms with Gasteiger partial charge in [0.1, 0.15) is 11.6 Å². The molecule has 4 nitrogen and oxygen atoms in total. The third-order valence-electron chi connectivity index (χ3n) is 3.76. The van der Waals surface area contributed by atoms with Gasteiger partial charge in [-0.3, -0.25) is 0 Å². The summed E-state index contributed by atoms with van der Waals surface area (Å²) in [4.78, 5) is 4.42. The van der Waals surface area contributed by atoms with Crippen molar-refractivity contribution in [3.05, 3.63) is 27.3 Å². The highest BCUT2D eigenvalue weighted by Crippen LogP contribution is 2.26. The topological polar surface area (TPSA) is 52.0 Å². The fraction of sp³-hybridized carbons (Fsp3) is 0.462. The van der Waals surface area contributed by atoms with Crippen LogP contribution in [0.1, 0.15) is 12.2 Å². The van der Waals surface area contributed by atoms with E-state index in [9.17, 15) is 12.8 Å². The second kappa shape index (κ2) is 5.66. The molecule has 0 spiro atoms. The van der Waals surface area contributed by atoms with Crippen LogP contribution in [0.2, 0.25) is 0 Å². The summed E-state index contributed by atoms with van der Waals surface area (Å²) >= 11 is 7.85. The zero-order valence-corrected chi connectivity index (χ0v) is 14.8. The molecule has 1 aromatic heterocycles. The molecule has 1 unspecified atom stereocenters. The largest absolute Gasteiger partial charge is 0.327 e. The summed E-state index contributed by atoms with van der Waals surface area (Å²) in [6, 6.07) is 3.13. The molecular weight excluding hydrogens is 430 g/mol. The Balaban J connectivity index is 2.02. The lowest BCUT2D eigenvalue weighted by molar-refractivity contribution is 0.490. The number of sulfone groups is 1. The Bertz CT molecular complexity index is 806. The molecule has 0 aliphatic carbocycles. The molecule has 0 bridgehead atoms. The Kier molecular flexibility index (Phi) is 4.17. The molecule has 114 valence electrons. The van der Waals surface area contributed by atoms with E-state index in [1.165, 1.54) is 6.07 Å². The lowest BCUT2D eigenvalue weighted by Gasteiger charge is -2.12. The predicted molar refractivity (Wildman–Crippen MR) is 88.7 cm³/mol. The summed E-state index contributed by atoms with van der Waals surface area (Å²) in [6.07, 6.45) is 0.635. The van der Waals surface area contributed by atoms with Crippen molar-refractivity contribution in [1.29, 1.82) is 0 Å². The summed E-state index contributed by atoms with van der Waals surface area (Å²) in [5.41, 5.74) is 1.37. The number of nitrogens with zero attached hydrogens (tertiary/aromatic N) is 2. The molecule has 3 rings (SSSR count). The number of fused-ring (bicyclic) bond motifs is 1. The second-order valence-electron chi connectivity index (χ2n) is 5.30. The van der Waals surface area contributed by atoms with Gasteiger partial charge in [-0.25, -0.2) is 17.8 Å². The zero-order valence-electron chi connectivity index (χ0n) is 11.0. The van der Waals surface area contributed by atoms with Crippen LogP contribution in [0.3, 0.4) is 0 Å². The van der Waals surface area contributed by atoms with Gasteiger partial charge in [-0.15, -0.1) is 11.6 Å². The van der Waals surface area contributed by atoms with E-state index in [1.54, 1.807) is 6.07 Å². The minimum atomic E-state index is -2.93. The molecule has 0 saturated carbocycles. The van der Waals surface area contributed by atoms with Gasteiger partial charge < -0.3 is 4.57 Å². The SMILES string of the molecule is O=S1(=O)CCC(Cn2c(CCl)nc3cc(I)c(F)cc32)C1. The number of hydrogen-bond donors (Lipinski definition) is 0. The van der Waals surface area contributed by atoms with Gasteiger partial charge in [0, 0.05) is 12.6 Å². The van der Waals surface area contributed by atoms with Crippen LogP contribution in [-0.2, 0) is 22.3 Å². The normalized spacial score (nSPS) is 21.2. The lowest BCUT2D eigenvalue weighted by Crippen LogP contribution is -2.14. The van der Waals surface area contributed by atoms with Gasteiger partial charge in [0.2, 0.25) is 0 Å². The molecule has 2 aromatic rings. The monoisotopic (exact) mass is 442 g/mol. The van der Waals surface area contributed by atoms with Crippen molar-refractivity contribution in [2.45, 2.75) is 18.8 Å². The highest BCUT2D eigenvalue weighted by molar-refractivity contribution is 14.1. The van der Waals surface area contributed by atoms with Crippen molar-refractivity contribution in [3.8, 4) is 0 Å². The van der Waals surface area contributed by atoms with Crippen LogP contribution >= 0.6 is 34.2 Å². The van der Waals surface area contributed by atoms with E-state index < -0.39 is 9.84 Å². The van der Waals surface area contributed by atoms with E-state index >= 15 is 0 Å². The Morgan fingerprint density at radius 1 is 1.48 bits per heavy atom. The average molecular weight is 443 g/mol. The molecular formula is C13H13ClFIN2O2S. The Morgan fingerprint density at radius 3 is 2.86 bits per heavy atom. The van der Waals surface area contributed by atoms with E-state index in [4.69, 9.17) is 11.6 Å². The van der Waals surface area contributed by atoms with Gasteiger partial charge in [0.25, 0.3) is 0 Å². The fourth-order valence-electron chi connectivity index (χ4n) is 2.75. The number of aromatic nitrogens is 2. The van der Waals surface area contributed by atoms with Crippen molar-refractivity contribution in [3.63, 3.8) is 0 Å². The minimum absolute atomic E-state index is 0.0386. The summed E-state index contributed by atoms with van der Waals surface area (Å²) in [5.74, 6) is 1.01. The predicted octanol–water partition coefficient (Wildman–Crippen LogP) is 2.95. The van der Waals surface area contributed by atoms with Gasteiger partial charge in [0.05, 0.1) is 32.0 Å². The molecule has 1 aliphatic heterocycles. The maximum Gasteiger partial charge on any atom is 0.150 e. The Morgan fingerprint density at radius 2 is 2.24 bits per heavy atom. The molecule has 1 aliphatic rings. The summed E-state index contributed by atoms with van der Waals surface area (Å²) in [6.45, 7) is 0.512. The number of benzene rings is 1. The Hall–Kier alpha value is -0.410. The quantitative estimate of drug-likeness (QED) is 0.542. The summed E-state index contributed by atoms with van der Waals surface area (Å²) in [7, 11) is -2.93. The van der Waals surface area contributed by atoms with Crippen LogP contribution in [0, 0.1) is 15.3 Å². The maximum atomic E-state index is 13.8. The van der Waals surface area contributed by atoms with Crippen molar-refractivity contribution < 1.29 is 12.8 Å². The first kappa shape index (κ1) is 15.5. The number of hydrogen-bond acceptors (Lipinski definition) is 3. The fourth-order valence-corrected chi connectivity index (χ4v) is 5.25. The van der Waals surface area contributed by atoms with E-state index in [0.29, 0.717) is 33.4 Å². The molecule has 0 radical (unpaired) electrons. The Labute approximate surface area is 140 Å². The van der Waals surface area contributed by atoms with Crippen LogP contribution in [0.15, 0.2) is 12.1 Å². The van der Waals surface area contributed by atoms with Crippen LogP contribution < -0.4 is 0 Å². The van der Waals surface area contributed by atoms with Gasteiger partial charge in [-0.05, 0) is 41.0 Å². The molecule has 1 fully saturated rings. The number of halogens is 3. The van der Waals surface area contributed by atoms with Gasteiger partial charge in [0.15, 0.2) is 9.84 Å². The minimum Gasteiger partial charge on any atom is -0.327 e. The first-order valence-electron chi connectivity index (χ1n) is 6.50. The number of rotatable bonds is 3. The second-order valence-corrected chi connectivity index (χ2v) is 8.95. The standard InChI is InChI=1S/C13H13ClFIN2O2S/c14-5-13-17-11-4-10(16)9(15)3-12(11)18(13)6-8-1-2-21(19,20)7-8/h3-4,8H,1-2,5-7H2. The van der Waals surface area contributed by atoms with E-state index in [2.05, 4.69) is 4.98 Å². The van der Waals surface area contributed by atoms with Crippen LogP contribution in [-0.4, -0.2) is 29.5 Å². The highest BCUT2D eigenvalue weighted by Gasteiger charge is 2.29. The lowest BCUT2D eigenvalue weighted by atomic mass is 10.1. The van der Waals surface area contributed by atoms with E-state index in [-0.39, 0.29) is 29.1 Å². The molecule has 8 heteroatoms. The average Bonchev–Trinajstić information content (AvgIpc) is 2.92. The smallest absolute Gasteiger partial charge is 0.150 e. The molecule has 2 heterocycles. The van der Waals surface area contributed by atoms with E-state index in [1.807, 2.05) is 27.2 Å². The van der Waals surface area contributed by atoms with Gasteiger partial charge >= 0.3 is 0 Å². The van der Waals surface area contributed by atoms with Crippen LogP contribution in [0.5, 0.6) is 0 Å². The number of alkyl halides is 1. The van der Waals surface area contributed by atoms with Crippen molar-refractivity contribution in [2.24, 2.45) is 5.92 Å².